The van der Waals surface area contributed by atoms with E-state index >= 15 is 0 Å². The Morgan fingerprint density at radius 3 is 2.57 bits per heavy atom. The SMILES string of the molecule is COC(=O)c1cnn2c(C(F)F)cc(-c3ccc(F)cc3)nc12. The molecule has 1 aromatic carbocycles. The van der Waals surface area contributed by atoms with E-state index in [1.54, 1.807) is 0 Å². The first kappa shape index (κ1) is 15.0. The van der Waals surface area contributed by atoms with Gasteiger partial charge in [0.15, 0.2) is 5.65 Å². The average Bonchev–Trinajstić information content (AvgIpc) is 2.97. The summed E-state index contributed by atoms with van der Waals surface area (Å²) in [6, 6.07) is 6.37. The molecule has 0 aliphatic heterocycles. The minimum atomic E-state index is -2.83. The fraction of sp³-hybridized carbons (Fsp3) is 0.133. The zero-order chi connectivity index (χ0) is 16.6. The van der Waals surface area contributed by atoms with Gasteiger partial charge in [-0.3, -0.25) is 0 Å². The zero-order valence-corrected chi connectivity index (χ0v) is 11.8. The maximum Gasteiger partial charge on any atom is 0.343 e. The summed E-state index contributed by atoms with van der Waals surface area (Å²) in [5.74, 6) is -1.19. The lowest BCUT2D eigenvalue weighted by atomic mass is 10.1. The molecule has 3 aromatic rings. The van der Waals surface area contributed by atoms with Crippen molar-refractivity contribution < 1.29 is 22.7 Å². The number of fused-ring (bicyclic) bond motifs is 1. The molecule has 0 unspecified atom stereocenters. The maximum atomic E-state index is 13.3. The highest BCUT2D eigenvalue weighted by molar-refractivity contribution is 5.95. The molecule has 23 heavy (non-hydrogen) atoms. The molecule has 2 heterocycles. The van der Waals surface area contributed by atoms with E-state index in [9.17, 15) is 18.0 Å². The molecule has 5 nitrogen and oxygen atoms in total. The number of carbonyl (C=O) groups excluding carboxylic acids is 1. The van der Waals surface area contributed by atoms with Crippen molar-refractivity contribution in [1.29, 1.82) is 0 Å². The molecule has 3 rings (SSSR count). The van der Waals surface area contributed by atoms with E-state index in [1.807, 2.05) is 0 Å². The molecule has 0 bridgehead atoms. The number of alkyl halides is 2. The summed E-state index contributed by atoms with van der Waals surface area (Å²) in [5, 5.41) is 3.77. The van der Waals surface area contributed by atoms with E-state index < -0.39 is 23.9 Å². The molecule has 0 saturated carbocycles. The highest BCUT2D eigenvalue weighted by Crippen LogP contribution is 2.27. The van der Waals surface area contributed by atoms with E-state index in [2.05, 4.69) is 14.8 Å². The number of rotatable bonds is 3. The predicted molar refractivity (Wildman–Crippen MR) is 74.7 cm³/mol. The van der Waals surface area contributed by atoms with Gasteiger partial charge in [0.2, 0.25) is 0 Å². The van der Waals surface area contributed by atoms with Gasteiger partial charge in [0.1, 0.15) is 17.1 Å². The van der Waals surface area contributed by atoms with Crippen LogP contribution in [0.5, 0.6) is 0 Å². The van der Waals surface area contributed by atoms with E-state index in [0.717, 1.165) is 16.8 Å². The summed E-state index contributed by atoms with van der Waals surface area (Å²) in [6.07, 6.45) is -1.71. The maximum absolute atomic E-state index is 13.3. The van der Waals surface area contributed by atoms with Crippen molar-refractivity contribution in [1.82, 2.24) is 14.6 Å². The zero-order valence-electron chi connectivity index (χ0n) is 11.8. The van der Waals surface area contributed by atoms with Crippen LogP contribution in [0.25, 0.3) is 16.9 Å². The van der Waals surface area contributed by atoms with E-state index in [-0.39, 0.29) is 16.9 Å². The monoisotopic (exact) mass is 321 g/mol. The second-order valence-electron chi connectivity index (χ2n) is 4.66. The average molecular weight is 321 g/mol. The van der Waals surface area contributed by atoms with E-state index in [4.69, 9.17) is 0 Å². The Bertz CT molecular complexity index is 876. The van der Waals surface area contributed by atoms with Crippen LogP contribution in [0.2, 0.25) is 0 Å². The van der Waals surface area contributed by atoms with E-state index in [0.29, 0.717) is 5.56 Å². The molecule has 0 aliphatic carbocycles. The quantitative estimate of drug-likeness (QED) is 0.695. The molecule has 0 saturated heterocycles. The predicted octanol–water partition coefficient (Wildman–Crippen LogP) is 3.26. The van der Waals surface area contributed by atoms with Crippen molar-refractivity contribution in [2.45, 2.75) is 6.43 Å². The fourth-order valence-electron chi connectivity index (χ4n) is 2.16. The number of carbonyl (C=O) groups is 1. The van der Waals surface area contributed by atoms with Crippen LogP contribution in [0.3, 0.4) is 0 Å². The Morgan fingerprint density at radius 1 is 1.26 bits per heavy atom. The molecule has 2 aromatic heterocycles. The minimum absolute atomic E-state index is 0.0293. The summed E-state index contributed by atoms with van der Waals surface area (Å²) < 4.78 is 45.1. The Kier molecular flexibility index (Phi) is 3.73. The molecule has 0 atom stereocenters. The van der Waals surface area contributed by atoms with Crippen LogP contribution < -0.4 is 0 Å². The van der Waals surface area contributed by atoms with Crippen molar-refractivity contribution in [3.05, 3.63) is 53.6 Å². The molecule has 0 N–H and O–H groups in total. The third-order valence-corrected chi connectivity index (χ3v) is 3.27. The molecule has 8 heteroatoms. The highest BCUT2D eigenvalue weighted by Gasteiger charge is 2.21. The molecule has 0 radical (unpaired) electrons. The summed E-state index contributed by atoms with van der Waals surface area (Å²) in [4.78, 5) is 15.9. The number of methoxy groups -OCH3 is 1. The first-order valence-electron chi connectivity index (χ1n) is 6.52. The number of nitrogens with zero attached hydrogens (tertiary/aromatic N) is 3. The van der Waals surface area contributed by atoms with Gasteiger partial charge in [-0.05, 0) is 30.3 Å². The summed E-state index contributed by atoms with van der Waals surface area (Å²) in [5.41, 5.74) is 0.114. The number of ether oxygens (including phenoxy) is 1. The Morgan fingerprint density at radius 2 is 1.96 bits per heavy atom. The molecule has 0 spiro atoms. The second-order valence-corrected chi connectivity index (χ2v) is 4.66. The Hall–Kier alpha value is -2.90. The first-order chi connectivity index (χ1) is 11.0. The highest BCUT2D eigenvalue weighted by atomic mass is 19.3. The Balaban J connectivity index is 2.26. The normalized spacial score (nSPS) is 11.2. The van der Waals surface area contributed by atoms with Gasteiger partial charge in [-0.1, -0.05) is 0 Å². The van der Waals surface area contributed by atoms with E-state index in [1.165, 1.54) is 31.4 Å². The van der Waals surface area contributed by atoms with Crippen molar-refractivity contribution in [3.63, 3.8) is 0 Å². The Labute approximate surface area is 128 Å². The molecule has 0 aliphatic rings. The summed E-state index contributed by atoms with van der Waals surface area (Å²) in [7, 11) is 1.17. The lowest BCUT2D eigenvalue weighted by molar-refractivity contribution is 0.0602. The van der Waals surface area contributed by atoms with Gasteiger partial charge in [0, 0.05) is 5.56 Å². The minimum Gasteiger partial charge on any atom is -0.465 e. The molecule has 118 valence electrons. The number of benzene rings is 1. The van der Waals surface area contributed by atoms with Crippen molar-refractivity contribution in [3.8, 4) is 11.3 Å². The van der Waals surface area contributed by atoms with Crippen LogP contribution in [-0.4, -0.2) is 27.7 Å². The topological polar surface area (TPSA) is 56.5 Å². The van der Waals surface area contributed by atoms with Gasteiger partial charge in [-0.2, -0.15) is 5.10 Å². The first-order valence-corrected chi connectivity index (χ1v) is 6.52. The van der Waals surface area contributed by atoms with Crippen LogP contribution in [-0.2, 0) is 4.74 Å². The van der Waals surface area contributed by atoms with Gasteiger partial charge >= 0.3 is 5.97 Å². The van der Waals surface area contributed by atoms with Crippen molar-refractivity contribution in [2.75, 3.05) is 7.11 Å². The number of aromatic nitrogens is 3. The number of hydrogen-bond donors (Lipinski definition) is 0. The fourth-order valence-corrected chi connectivity index (χ4v) is 2.16. The number of esters is 1. The summed E-state index contributed by atoms with van der Waals surface area (Å²) in [6.45, 7) is 0. The standard InChI is InChI=1S/C15H10F3N3O2/c1-23-15(22)10-7-19-21-12(13(17)18)6-11(20-14(10)21)8-2-4-9(16)5-3-8/h2-7,13H,1H3. The van der Waals surface area contributed by atoms with Crippen LogP contribution in [0.15, 0.2) is 36.5 Å². The molecular weight excluding hydrogens is 311 g/mol. The summed E-state index contributed by atoms with van der Waals surface area (Å²) >= 11 is 0. The molecule has 0 amide bonds. The lowest BCUT2D eigenvalue weighted by Crippen LogP contribution is -2.06. The van der Waals surface area contributed by atoms with Gasteiger partial charge in [0.05, 0.1) is 19.0 Å². The number of halogens is 3. The van der Waals surface area contributed by atoms with Crippen LogP contribution in [0.1, 0.15) is 22.5 Å². The van der Waals surface area contributed by atoms with Crippen molar-refractivity contribution >= 4 is 11.6 Å². The molecule has 0 fully saturated rings. The van der Waals surface area contributed by atoms with Gasteiger partial charge in [0.25, 0.3) is 6.43 Å². The second kappa shape index (κ2) is 5.71. The molecular formula is C15H10F3N3O2. The lowest BCUT2D eigenvalue weighted by Gasteiger charge is -2.08. The largest absolute Gasteiger partial charge is 0.465 e. The van der Waals surface area contributed by atoms with Gasteiger partial charge < -0.3 is 4.74 Å². The van der Waals surface area contributed by atoms with Gasteiger partial charge in [-0.25, -0.2) is 27.5 Å². The van der Waals surface area contributed by atoms with Crippen LogP contribution in [0, 0.1) is 5.82 Å². The third-order valence-electron chi connectivity index (χ3n) is 3.27. The van der Waals surface area contributed by atoms with Crippen LogP contribution in [0.4, 0.5) is 13.2 Å². The number of hydrogen-bond acceptors (Lipinski definition) is 4. The smallest absolute Gasteiger partial charge is 0.343 e. The van der Waals surface area contributed by atoms with Crippen molar-refractivity contribution in [2.24, 2.45) is 0 Å². The van der Waals surface area contributed by atoms with Crippen LogP contribution >= 0.6 is 0 Å². The van der Waals surface area contributed by atoms with Gasteiger partial charge in [-0.15, -0.1) is 0 Å². The third kappa shape index (κ3) is 2.63.